The summed E-state index contributed by atoms with van der Waals surface area (Å²) < 4.78 is 5.63. The monoisotopic (exact) mass is 357 g/mol. The average molecular weight is 358 g/mol. The first kappa shape index (κ1) is 19.4. The fourth-order valence-electron chi connectivity index (χ4n) is 2.53. The number of benzene rings is 2. The minimum absolute atomic E-state index is 0.138. The van der Waals surface area contributed by atoms with E-state index in [4.69, 9.17) is 4.74 Å². The molecule has 1 N–H and O–H groups in total. The Kier molecular flexibility index (Phi) is 8.98. The molecule has 0 spiro atoms. The van der Waals surface area contributed by atoms with Gasteiger partial charge in [0.2, 0.25) is 5.91 Å². The highest BCUT2D eigenvalue weighted by atomic mass is 32.2. The van der Waals surface area contributed by atoms with Gasteiger partial charge in [0.25, 0.3) is 0 Å². The third-order valence-electron chi connectivity index (χ3n) is 3.80. The van der Waals surface area contributed by atoms with E-state index < -0.39 is 0 Å². The Morgan fingerprint density at radius 2 is 1.84 bits per heavy atom. The molecule has 3 nitrogen and oxygen atoms in total. The van der Waals surface area contributed by atoms with Crippen LogP contribution in [0.3, 0.4) is 0 Å². The van der Waals surface area contributed by atoms with E-state index in [0.29, 0.717) is 19.6 Å². The molecule has 0 atom stereocenters. The van der Waals surface area contributed by atoms with Gasteiger partial charge in [0.1, 0.15) is 5.75 Å². The van der Waals surface area contributed by atoms with E-state index in [9.17, 15) is 4.79 Å². The van der Waals surface area contributed by atoms with Crippen molar-refractivity contribution in [1.29, 1.82) is 0 Å². The molecule has 2 aromatic rings. The van der Waals surface area contributed by atoms with Crippen LogP contribution in [0.1, 0.15) is 30.9 Å². The van der Waals surface area contributed by atoms with E-state index in [-0.39, 0.29) is 5.91 Å². The van der Waals surface area contributed by atoms with Crippen LogP contribution in [0.2, 0.25) is 0 Å². The molecule has 0 aliphatic rings. The van der Waals surface area contributed by atoms with Gasteiger partial charge in [-0.05, 0) is 37.0 Å². The Balaban J connectivity index is 1.56. The smallest absolute Gasteiger partial charge is 0.220 e. The number of para-hydroxylation sites is 1. The van der Waals surface area contributed by atoms with Crippen molar-refractivity contribution in [3.63, 3.8) is 0 Å². The molecule has 0 unspecified atom stereocenters. The highest BCUT2D eigenvalue weighted by Gasteiger charge is 2.04. The Labute approximate surface area is 155 Å². The zero-order valence-corrected chi connectivity index (χ0v) is 15.7. The molecule has 0 bridgehead atoms. The van der Waals surface area contributed by atoms with Crippen LogP contribution in [0.5, 0.6) is 5.75 Å². The van der Waals surface area contributed by atoms with Crippen LogP contribution in [-0.4, -0.2) is 24.8 Å². The van der Waals surface area contributed by atoms with Crippen LogP contribution < -0.4 is 10.1 Å². The summed E-state index contributed by atoms with van der Waals surface area (Å²) in [5.41, 5.74) is 2.51. The van der Waals surface area contributed by atoms with Gasteiger partial charge in [-0.15, -0.1) is 0 Å². The molecule has 0 aromatic heterocycles. The van der Waals surface area contributed by atoms with Gasteiger partial charge in [0, 0.05) is 24.5 Å². The molecule has 2 rings (SSSR count). The minimum atomic E-state index is 0.138. The van der Waals surface area contributed by atoms with Crippen molar-refractivity contribution in [2.75, 3.05) is 18.9 Å². The summed E-state index contributed by atoms with van der Waals surface area (Å²) in [6.45, 7) is 3.38. The van der Waals surface area contributed by atoms with Gasteiger partial charge in [-0.25, -0.2) is 0 Å². The number of nitrogens with one attached hydrogen (secondary N) is 1. The number of hydrogen-bond acceptors (Lipinski definition) is 3. The molecule has 0 saturated carbocycles. The predicted molar refractivity (Wildman–Crippen MR) is 106 cm³/mol. The van der Waals surface area contributed by atoms with E-state index in [0.717, 1.165) is 30.1 Å². The SMILES string of the molecule is CCOc1ccccc1CCCNC(=O)CCSCc1ccccc1. The van der Waals surface area contributed by atoms with Gasteiger partial charge in [-0.3, -0.25) is 4.79 Å². The van der Waals surface area contributed by atoms with E-state index in [2.05, 4.69) is 23.5 Å². The third kappa shape index (κ3) is 7.65. The van der Waals surface area contributed by atoms with Crippen LogP contribution in [0.4, 0.5) is 0 Å². The lowest BCUT2D eigenvalue weighted by molar-refractivity contribution is -0.120. The number of ether oxygens (including phenoxy) is 1. The maximum absolute atomic E-state index is 11.9. The van der Waals surface area contributed by atoms with Crippen LogP contribution in [0, 0.1) is 0 Å². The largest absolute Gasteiger partial charge is 0.494 e. The van der Waals surface area contributed by atoms with Crippen molar-refractivity contribution in [3.8, 4) is 5.75 Å². The molecule has 0 aliphatic heterocycles. The van der Waals surface area contributed by atoms with Gasteiger partial charge in [-0.2, -0.15) is 11.8 Å². The number of carbonyl (C=O) groups is 1. The summed E-state index contributed by atoms with van der Waals surface area (Å²) >= 11 is 1.80. The Morgan fingerprint density at radius 1 is 1.08 bits per heavy atom. The van der Waals surface area contributed by atoms with Crippen LogP contribution in [-0.2, 0) is 17.0 Å². The number of rotatable bonds is 11. The van der Waals surface area contributed by atoms with Crippen molar-refractivity contribution >= 4 is 17.7 Å². The number of aryl methyl sites for hydroxylation is 1. The highest BCUT2D eigenvalue weighted by molar-refractivity contribution is 7.98. The maximum Gasteiger partial charge on any atom is 0.220 e. The van der Waals surface area contributed by atoms with E-state index >= 15 is 0 Å². The second-order valence-electron chi connectivity index (χ2n) is 5.78. The van der Waals surface area contributed by atoms with Crippen molar-refractivity contribution < 1.29 is 9.53 Å². The molecule has 0 aliphatic carbocycles. The van der Waals surface area contributed by atoms with Gasteiger partial charge < -0.3 is 10.1 Å². The third-order valence-corrected chi connectivity index (χ3v) is 4.83. The standard InChI is InChI=1S/C21H27NO2S/c1-2-24-20-13-7-6-11-19(20)12-8-15-22-21(23)14-16-25-17-18-9-4-3-5-10-18/h3-7,9-11,13H,2,8,12,14-17H2,1H3,(H,22,23). The summed E-state index contributed by atoms with van der Waals surface area (Å²) in [4.78, 5) is 11.9. The zero-order chi connectivity index (χ0) is 17.7. The maximum atomic E-state index is 11.9. The summed E-state index contributed by atoms with van der Waals surface area (Å²) in [6, 6.07) is 18.5. The average Bonchev–Trinajstić information content (AvgIpc) is 2.65. The molecule has 4 heteroatoms. The molecule has 0 saturated heterocycles. The Bertz CT molecular complexity index is 631. The number of thioether (sulfide) groups is 1. The normalized spacial score (nSPS) is 10.4. The van der Waals surface area contributed by atoms with Gasteiger partial charge in [0.15, 0.2) is 0 Å². The molecule has 2 aromatic carbocycles. The molecule has 0 heterocycles. The molecule has 25 heavy (non-hydrogen) atoms. The first-order valence-electron chi connectivity index (χ1n) is 8.88. The lowest BCUT2D eigenvalue weighted by Gasteiger charge is -2.10. The molecule has 1 amide bonds. The lowest BCUT2D eigenvalue weighted by atomic mass is 10.1. The molecular weight excluding hydrogens is 330 g/mol. The lowest BCUT2D eigenvalue weighted by Crippen LogP contribution is -2.25. The second kappa shape index (κ2) is 11.6. The fraction of sp³-hybridized carbons (Fsp3) is 0.381. The summed E-state index contributed by atoms with van der Waals surface area (Å²) in [7, 11) is 0. The quantitative estimate of drug-likeness (QED) is 0.604. The van der Waals surface area contributed by atoms with Crippen molar-refractivity contribution in [1.82, 2.24) is 5.32 Å². The topological polar surface area (TPSA) is 38.3 Å². The molecule has 0 fully saturated rings. The van der Waals surface area contributed by atoms with Crippen LogP contribution >= 0.6 is 11.8 Å². The number of carbonyl (C=O) groups excluding carboxylic acids is 1. The molecule has 134 valence electrons. The Hall–Kier alpha value is -1.94. The fourth-order valence-corrected chi connectivity index (χ4v) is 3.43. The van der Waals surface area contributed by atoms with E-state index in [1.165, 1.54) is 11.1 Å². The van der Waals surface area contributed by atoms with E-state index in [1.54, 1.807) is 11.8 Å². The molecule has 0 radical (unpaired) electrons. The van der Waals surface area contributed by atoms with Gasteiger partial charge >= 0.3 is 0 Å². The minimum Gasteiger partial charge on any atom is -0.494 e. The van der Waals surface area contributed by atoms with Crippen LogP contribution in [0.25, 0.3) is 0 Å². The number of hydrogen-bond donors (Lipinski definition) is 1. The zero-order valence-electron chi connectivity index (χ0n) is 14.9. The summed E-state index contributed by atoms with van der Waals surface area (Å²) in [5.74, 6) is 2.91. The van der Waals surface area contributed by atoms with Gasteiger partial charge in [-0.1, -0.05) is 48.5 Å². The summed E-state index contributed by atoms with van der Waals surface area (Å²) in [6.07, 6.45) is 2.42. The van der Waals surface area contributed by atoms with Gasteiger partial charge in [0.05, 0.1) is 6.61 Å². The highest BCUT2D eigenvalue weighted by Crippen LogP contribution is 2.19. The van der Waals surface area contributed by atoms with E-state index in [1.807, 2.05) is 43.3 Å². The molecular formula is C21H27NO2S. The predicted octanol–water partition coefficient (Wildman–Crippen LogP) is 4.46. The number of amides is 1. The van der Waals surface area contributed by atoms with Crippen molar-refractivity contribution in [2.45, 2.75) is 31.9 Å². The van der Waals surface area contributed by atoms with Crippen molar-refractivity contribution in [3.05, 3.63) is 65.7 Å². The Morgan fingerprint density at radius 3 is 2.64 bits per heavy atom. The summed E-state index contributed by atoms with van der Waals surface area (Å²) in [5, 5.41) is 3.01. The second-order valence-corrected chi connectivity index (χ2v) is 6.89. The first-order valence-corrected chi connectivity index (χ1v) is 10.0. The first-order chi connectivity index (χ1) is 12.3. The van der Waals surface area contributed by atoms with Crippen LogP contribution in [0.15, 0.2) is 54.6 Å². The van der Waals surface area contributed by atoms with Crippen molar-refractivity contribution in [2.24, 2.45) is 0 Å².